The van der Waals surface area contributed by atoms with E-state index >= 15 is 0 Å². The molecule has 0 aromatic heterocycles. The Morgan fingerprint density at radius 3 is 2.00 bits per heavy atom. The third kappa shape index (κ3) is 2.21. The summed E-state index contributed by atoms with van der Waals surface area (Å²) in [7, 11) is 0. The molecule has 1 aromatic carbocycles. The van der Waals surface area contributed by atoms with Crippen molar-refractivity contribution in [2.24, 2.45) is 0 Å². The van der Waals surface area contributed by atoms with E-state index in [0.29, 0.717) is 5.69 Å². The van der Waals surface area contributed by atoms with Crippen LogP contribution in [0.25, 0.3) is 0 Å². The molecular formula is C10H12NO2. The first-order valence-electron chi connectivity index (χ1n) is 4.06. The first kappa shape index (κ1) is 9.58. The van der Waals surface area contributed by atoms with Gasteiger partial charge in [0.05, 0.1) is 0 Å². The standard InChI is InChI=1S/C10H12NO2/c1-6-4-7(2)9(8(3)5-6)11-10(12)13/h4-5,11H,1-3H3. The molecule has 0 heterocycles. The van der Waals surface area contributed by atoms with Crippen molar-refractivity contribution in [2.45, 2.75) is 20.8 Å². The molecule has 69 valence electrons. The van der Waals surface area contributed by atoms with Crippen LogP contribution in [0, 0.1) is 20.8 Å². The van der Waals surface area contributed by atoms with Crippen molar-refractivity contribution in [1.29, 1.82) is 0 Å². The fraction of sp³-hybridized carbons (Fsp3) is 0.300. The highest BCUT2D eigenvalue weighted by molar-refractivity contribution is 5.85. The SMILES string of the molecule is Cc1cc(C)c(NC([O])=O)c(C)c1. The van der Waals surface area contributed by atoms with Gasteiger partial charge < -0.3 is 0 Å². The van der Waals surface area contributed by atoms with E-state index in [1.807, 2.05) is 32.9 Å². The Labute approximate surface area is 77.4 Å². The van der Waals surface area contributed by atoms with Gasteiger partial charge in [0.25, 0.3) is 0 Å². The lowest BCUT2D eigenvalue weighted by molar-refractivity contribution is 0.185. The van der Waals surface area contributed by atoms with E-state index in [0.717, 1.165) is 16.7 Å². The number of aryl methyl sites for hydroxylation is 3. The number of anilines is 1. The van der Waals surface area contributed by atoms with E-state index in [1.165, 1.54) is 0 Å². The molecule has 0 unspecified atom stereocenters. The van der Waals surface area contributed by atoms with Gasteiger partial charge in [-0.1, -0.05) is 17.7 Å². The van der Waals surface area contributed by atoms with Crippen molar-refractivity contribution in [1.82, 2.24) is 0 Å². The summed E-state index contributed by atoms with van der Waals surface area (Å²) in [5.74, 6) is 0. The van der Waals surface area contributed by atoms with Gasteiger partial charge >= 0.3 is 6.09 Å². The monoisotopic (exact) mass is 178 g/mol. The van der Waals surface area contributed by atoms with Crippen molar-refractivity contribution < 1.29 is 9.90 Å². The summed E-state index contributed by atoms with van der Waals surface area (Å²) in [5.41, 5.74) is 3.59. The van der Waals surface area contributed by atoms with Crippen LogP contribution in [0.5, 0.6) is 0 Å². The highest BCUT2D eigenvalue weighted by Crippen LogP contribution is 2.21. The van der Waals surface area contributed by atoms with Gasteiger partial charge in [-0.2, -0.15) is 0 Å². The number of hydrogen-bond donors (Lipinski definition) is 1. The van der Waals surface area contributed by atoms with Crippen LogP contribution in [0.15, 0.2) is 12.1 Å². The molecule has 3 nitrogen and oxygen atoms in total. The highest BCUT2D eigenvalue weighted by atomic mass is 16.4. The van der Waals surface area contributed by atoms with Crippen molar-refractivity contribution in [3.63, 3.8) is 0 Å². The Morgan fingerprint density at radius 1 is 1.15 bits per heavy atom. The van der Waals surface area contributed by atoms with Gasteiger partial charge in [-0.15, -0.1) is 0 Å². The normalized spacial score (nSPS) is 9.77. The Kier molecular flexibility index (Phi) is 2.56. The fourth-order valence-electron chi connectivity index (χ4n) is 1.48. The molecule has 0 fully saturated rings. The van der Waals surface area contributed by atoms with Crippen LogP contribution < -0.4 is 5.32 Å². The quantitative estimate of drug-likeness (QED) is 0.705. The zero-order valence-electron chi connectivity index (χ0n) is 7.97. The molecule has 0 aliphatic heterocycles. The molecule has 0 aliphatic carbocycles. The molecular weight excluding hydrogens is 166 g/mol. The van der Waals surface area contributed by atoms with Crippen molar-refractivity contribution >= 4 is 11.8 Å². The summed E-state index contributed by atoms with van der Waals surface area (Å²) in [5, 5.41) is 12.6. The lowest BCUT2D eigenvalue weighted by atomic mass is 10.1. The molecule has 0 aliphatic rings. The third-order valence-electron chi connectivity index (χ3n) is 1.90. The van der Waals surface area contributed by atoms with Gasteiger partial charge in [0.2, 0.25) is 0 Å². The van der Waals surface area contributed by atoms with E-state index in [-0.39, 0.29) is 0 Å². The maximum Gasteiger partial charge on any atom is 0.454 e. The summed E-state index contributed by atoms with van der Waals surface area (Å²) >= 11 is 0. The van der Waals surface area contributed by atoms with Gasteiger partial charge in [0.1, 0.15) is 0 Å². The van der Waals surface area contributed by atoms with Crippen LogP contribution in [-0.2, 0) is 5.11 Å². The third-order valence-corrected chi connectivity index (χ3v) is 1.90. The average Bonchev–Trinajstić information content (AvgIpc) is 1.96. The number of carbonyl (C=O) groups excluding carboxylic acids is 1. The van der Waals surface area contributed by atoms with Gasteiger partial charge in [0, 0.05) is 5.69 Å². The predicted octanol–water partition coefficient (Wildman–Crippen LogP) is 2.57. The van der Waals surface area contributed by atoms with Gasteiger partial charge in [-0.25, -0.2) is 9.90 Å². The maximum absolute atomic E-state index is 10.3. The topological polar surface area (TPSA) is 49.0 Å². The molecule has 1 amide bonds. The molecule has 0 atom stereocenters. The van der Waals surface area contributed by atoms with E-state index in [4.69, 9.17) is 0 Å². The van der Waals surface area contributed by atoms with Crippen LogP contribution in [0.3, 0.4) is 0 Å². The largest absolute Gasteiger partial charge is 0.454 e. The van der Waals surface area contributed by atoms with Crippen LogP contribution >= 0.6 is 0 Å². The fourth-order valence-corrected chi connectivity index (χ4v) is 1.48. The minimum atomic E-state index is -1.27. The van der Waals surface area contributed by atoms with Crippen LogP contribution in [-0.4, -0.2) is 6.09 Å². The Morgan fingerprint density at radius 2 is 1.62 bits per heavy atom. The summed E-state index contributed by atoms with van der Waals surface area (Å²) in [4.78, 5) is 10.3. The number of amides is 1. The molecule has 0 saturated carbocycles. The lowest BCUT2D eigenvalue weighted by Gasteiger charge is -2.09. The number of hydrogen-bond acceptors (Lipinski definition) is 1. The molecule has 1 aromatic rings. The summed E-state index contributed by atoms with van der Waals surface area (Å²) in [6.07, 6.45) is -1.27. The average molecular weight is 178 g/mol. The van der Waals surface area contributed by atoms with Crippen LogP contribution in [0.2, 0.25) is 0 Å². The zero-order chi connectivity index (χ0) is 10.0. The van der Waals surface area contributed by atoms with Crippen molar-refractivity contribution in [3.8, 4) is 0 Å². The second kappa shape index (κ2) is 3.47. The highest BCUT2D eigenvalue weighted by Gasteiger charge is 2.06. The van der Waals surface area contributed by atoms with E-state index < -0.39 is 6.09 Å². The molecule has 1 N–H and O–H groups in total. The Bertz CT molecular complexity index is 322. The van der Waals surface area contributed by atoms with Gasteiger partial charge in [0.15, 0.2) is 0 Å². The van der Waals surface area contributed by atoms with Gasteiger partial charge in [-0.05, 0) is 31.9 Å². The maximum atomic E-state index is 10.3. The molecule has 0 spiro atoms. The first-order valence-corrected chi connectivity index (χ1v) is 4.06. The minimum absolute atomic E-state index is 0.630. The molecule has 13 heavy (non-hydrogen) atoms. The number of carbonyl (C=O) groups is 1. The van der Waals surface area contributed by atoms with Crippen molar-refractivity contribution in [2.75, 3.05) is 5.32 Å². The summed E-state index contributed by atoms with van der Waals surface area (Å²) in [6, 6.07) is 3.86. The molecule has 0 saturated heterocycles. The minimum Gasteiger partial charge on any atom is -0.288 e. The number of nitrogens with one attached hydrogen (secondary N) is 1. The Hall–Kier alpha value is -1.51. The van der Waals surface area contributed by atoms with E-state index in [9.17, 15) is 9.90 Å². The summed E-state index contributed by atoms with van der Waals surface area (Å²) in [6.45, 7) is 5.71. The molecule has 1 rings (SSSR count). The van der Waals surface area contributed by atoms with Crippen molar-refractivity contribution in [3.05, 3.63) is 28.8 Å². The van der Waals surface area contributed by atoms with E-state index in [2.05, 4.69) is 5.32 Å². The second-order valence-electron chi connectivity index (χ2n) is 3.19. The zero-order valence-corrected chi connectivity index (χ0v) is 7.97. The molecule has 1 radical (unpaired) electrons. The molecule has 0 bridgehead atoms. The smallest absolute Gasteiger partial charge is 0.288 e. The Balaban J connectivity index is 3.13. The van der Waals surface area contributed by atoms with Crippen LogP contribution in [0.1, 0.15) is 16.7 Å². The number of rotatable bonds is 1. The van der Waals surface area contributed by atoms with E-state index in [1.54, 1.807) is 0 Å². The van der Waals surface area contributed by atoms with Crippen LogP contribution in [0.4, 0.5) is 10.5 Å². The predicted molar refractivity (Wildman–Crippen MR) is 50.4 cm³/mol. The second-order valence-corrected chi connectivity index (χ2v) is 3.19. The molecule has 3 heteroatoms. The lowest BCUT2D eigenvalue weighted by Crippen LogP contribution is -2.08. The summed E-state index contributed by atoms with van der Waals surface area (Å²) < 4.78 is 0. The number of benzene rings is 1. The first-order chi connectivity index (χ1) is 6.00. The van der Waals surface area contributed by atoms with Gasteiger partial charge in [-0.3, -0.25) is 5.32 Å².